The first-order valence-corrected chi connectivity index (χ1v) is 8.28. The van der Waals surface area contributed by atoms with E-state index in [2.05, 4.69) is 48.1 Å². The summed E-state index contributed by atoms with van der Waals surface area (Å²) in [6.45, 7) is 4.38. The largest absolute Gasteiger partial charge is 0.313 e. The van der Waals surface area contributed by atoms with E-state index < -0.39 is 0 Å². The summed E-state index contributed by atoms with van der Waals surface area (Å²) in [7, 11) is 0. The predicted octanol–water partition coefficient (Wildman–Crippen LogP) is 2.95. The Morgan fingerprint density at radius 1 is 1.44 bits per heavy atom. The highest BCUT2D eigenvalue weighted by molar-refractivity contribution is 7.98. The molecule has 0 aromatic heterocycles. The molecule has 2 rings (SSSR count). The van der Waals surface area contributed by atoms with E-state index in [0.29, 0.717) is 12.1 Å². The van der Waals surface area contributed by atoms with E-state index in [4.69, 9.17) is 0 Å². The van der Waals surface area contributed by atoms with Crippen LogP contribution in [-0.4, -0.2) is 24.6 Å². The number of thioether (sulfide) groups is 1. The second-order valence-electron chi connectivity index (χ2n) is 4.94. The summed E-state index contributed by atoms with van der Waals surface area (Å²) in [6, 6.07) is 9.96. The Morgan fingerprint density at radius 2 is 2.28 bits per heavy atom. The molecule has 2 nitrogen and oxygen atoms in total. The highest BCUT2D eigenvalue weighted by atomic mass is 32.2. The highest BCUT2D eigenvalue weighted by Gasteiger charge is 2.20. The molecule has 100 valence electrons. The van der Waals surface area contributed by atoms with Crippen molar-refractivity contribution < 1.29 is 0 Å². The second kappa shape index (κ2) is 7.17. The molecular formula is C15H24N2S. The molecule has 0 saturated carbocycles. The van der Waals surface area contributed by atoms with Gasteiger partial charge in [0, 0.05) is 24.4 Å². The Bertz CT molecular complexity index is 367. The Labute approximate surface area is 115 Å². The van der Waals surface area contributed by atoms with Gasteiger partial charge in [0.05, 0.1) is 0 Å². The fourth-order valence-corrected chi connectivity index (χ4v) is 3.34. The van der Waals surface area contributed by atoms with Gasteiger partial charge < -0.3 is 10.6 Å². The predicted molar refractivity (Wildman–Crippen MR) is 81.1 cm³/mol. The average molecular weight is 264 g/mol. The molecule has 3 heteroatoms. The minimum Gasteiger partial charge on any atom is -0.313 e. The zero-order chi connectivity index (χ0) is 12.8. The highest BCUT2D eigenvalue weighted by Crippen LogP contribution is 2.24. The molecule has 2 N–H and O–H groups in total. The molecule has 0 fully saturated rings. The van der Waals surface area contributed by atoms with Crippen LogP contribution in [0.1, 0.15) is 36.9 Å². The summed E-state index contributed by atoms with van der Waals surface area (Å²) in [6.07, 6.45) is 4.57. The van der Waals surface area contributed by atoms with Gasteiger partial charge in [-0.3, -0.25) is 0 Å². The first-order chi connectivity index (χ1) is 8.85. The van der Waals surface area contributed by atoms with Crippen LogP contribution >= 0.6 is 11.8 Å². The minimum atomic E-state index is 0.508. The van der Waals surface area contributed by atoms with E-state index in [-0.39, 0.29) is 0 Å². The van der Waals surface area contributed by atoms with Crippen molar-refractivity contribution in [1.29, 1.82) is 0 Å². The molecule has 0 saturated heterocycles. The molecule has 1 aliphatic heterocycles. The minimum absolute atomic E-state index is 0.508. The molecule has 1 aromatic carbocycles. The van der Waals surface area contributed by atoms with Gasteiger partial charge in [-0.05, 0) is 36.8 Å². The average Bonchev–Trinajstić information content (AvgIpc) is 2.61. The SMILES string of the molecule is CCC(CSC)NC1CCNCc2ccccc21. The smallest absolute Gasteiger partial charge is 0.0338 e. The third kappa shape index (κ3) is 3.50. The Balaban J connectivity index is 2.12. The van der Waals surface area contributed by atoms with Crippen molar-refractivity contribution in [3.8, 4) is 0 Å². The molecule has 0 bridgehead atoms. The summed E-state index contributed by atoms with van der Waals surface area (Å²) in [5, 5.41) is 7.35. The third-order valence-electron chi connectivity index (χ3n) is 3.65. The van der Waals surface area contributed by atoms with Gasteiger partial charge in [0.15, 0.2) is 0 Å². The van der Waals surface area contributed by atoms with Gasteiger partial charge in [-0.25, -0.2) is 0 Å². The second-order valence-corrected chi connectivity index (χ2v) is 5.85. The molecule has 18 heavy (non-hydrogen) atoms. The van der Waals surface area contributed by atoms with Gasteiger partial charge in [0.2, 0.25) is 0 Å². The first kappa shape index (κ1) is 13.9. The van der Waals surface area contributed by atoms with E-state index in [1.54, 1.807) is 0 Å². The fourth-order valence-electron chi connectivity index (χ4n) is 2.60. The quantitative estimate of drug-likeness (QED) is 0.855. The van der Waals surface area contributed by atoms with Crippen LogP contribution in [0.25, 0.3) is 0 Å². The Kier molecular flexibility index (Phi) is 5.54. The standard InChI is InChI=1S/C15H24N2S/c1-3-13(11-18-2)17-15-8-9-16-10-12-6-4-5-7-14(12)15/h4-7,13,15-17H,3,8-11H2,1-2H3. The summed E-state index contributed by atoms with van der Waals surface area (Å²) < 4.78 is 0. The molecule has 1 aromatic rings. The molecule has 0 amide bonds. The van der Waals surface area contributed by atoms with E-state index in [0.717, 1.165) is 13.1 Å². The molecular weight excluding hydrogens is 240 g/mol. The van der Waals surface area contributed by atoms with Crippen LogP contribution in [0, 0.1) is 0 Å². The lowest BCUT2D eigenvalue weighted by atomic mass is 9.98. The van der Waals surface area contributed by atoms with E-state index in [9.17, 15) is 0 Å². The lowest BCUT2D eigenvalue weighted by molar-refractivity contribution is 0.431. The zero-order valence-corrected chi connectivity index (χ0v) is 12.2. The van der Waals surface area contributed by atoms with Gasteiger partial charge in [-0.2, -0.15) is 11.8 Å². The Morgan fingerprint density at radius 3 is 3.06 bits per heavy atom. The number of rotatable bonds is 5. The van der Waals surface area contributed by atoms with Crippen molar-refractivity contribution in [2.75, 3.05) is 18.6 Å². The number of nitrogens with one attached hydrogen (secondary N) is 2. The molecule has 2 atom stereocenters. The summed E-state index contributed by atoms with van der Waals surface area (Å²) in [4.78, 5) is 0. The normalized spacial score (nSPS) is 21.1. The maximum Gasteiger partial charge on any atom is 0.0338 e. The van der Waals surface area contributed by atoms with Gasteiger partial charge in [-0.1, -0.05) is 31.2 Å². The van der Waals surface area contributed by atoms with Crippen molar-refractivity contribution in [2.45, 2.75) is 38.4 Å². The molecule has 0 radical (unpaired) electrons. The van der Waals surface area contributed by atoms with Crippen molar-refractivity contribution in [2.24, 2.45) is 0 Å². The third-order valence-corrected chi connectivity index (χ3v) is 4.39. The number of benzene rings is 1. The molecule has 1 heterocycles. The topological polar surface area (TPSA) is 24.1 Å². The van der Waals surface area contributed by atoms with Gasteiger partial charge in [-0.15, -0.1) is 0 Å². The zero-order valence-electron chi connectivity index (χ0n) is 11.4. The van der Waals surface area contributed by atoms with E-state index in [1.165, 1.54) is 29.7 Å². The Hall–Kier alpha value is -0.510. The van der Waals surface area contributed by atoms with Crippen LogP contribution in [0.2, 0.25) is 0 Å². The van der Waals surface area contributed by atoms with Crippen molar-refractivity contribution in [1.82, 2.24) is 10.6 Å². The molecule has 1 aliphatic rings. The maximum atomic E-state index is 3.84. The number of hydrogen-bond donors (Lipinski definition) is 2. The molecule has 0 aliphatic carbocycles. The lowest BCUT2D eigenvalue weighted by Crippen LogP contribution is -2.35. The van der Waals surface area contributed by atoms with Crippen LogP contribution in [0.4, 0.5) is 0 Å². The van der Waals surface area contributed by atoms with Crippen molar-refractivity contribution in [3.63, 3.8) is 0 Å². The van der Waals surface area contributed by atoms with E-state index >= 15 is 0 Å². The lowest BCUT2D eigenvalue weighted by Gasteiger charge is -2.25. The van der Waals surface area contributed by atoms with Crippen molar-refractivity contribution in [3.05, 3.63) is 35.4 Å². The first-order valence-electron chi connectivity index (χ1n) is 6.88. The summed E-state index contributed by atoms with van der Waals surface area (Å²) in [5.41, 5.74) is 2.94. The van der Waals surface area contributed by atoms with Gasteiger partial charge >= 0.3 is 0 Å². The van der Waals surface area contributed by atoms with Crippen LogP contribution in [-0.2, 0) is 6.54 Å². The molecule has 2 unspecified atom stereocenters. The number of fused-ring (bicyclic) bond motifs is 1. The van der Waals surface area contributed by atoms with E-state index in [1.807, 2.05) is 11.8 Å². The van der Waals surface area contributed by atoms with Gasteiger partial charge in [0.25, 0.3) is 0 Å². The van der Waals surface area contributed by atoms with Crippen molar-refractivity contribution >= 4 is 11.8 Å². The molecule has 0 spiro atoms. The monoisotopic (exact) mass is 264 g/mol. The van der Waals surface area contributed by atoms with Crippen LogP contribution in [0.15, 0.2) is 24.3 Å². The fraction of sp³-hybridized carbons (Fsp3) is 0.600. The summed E-state index contributed by atoms with van der Waals surface area (Å²) >= 11 is 1.93. The maximum absolute atomic E-state index is 3.84. The van der Waals surface area contributed by atoms with Crippen LogP contribution in [0.3, 0.4) is 0 Å². The number of hydrogen-bond acceptors (Lipinski definition) is 3. The summed E-state index contributed by atoms with van der Waals surface area (Å²) in [5.74, 6) is 1.20. The van der Waals surface area contributed by atoms with Gasteiger partial charge in [0.1, 0.15) is 0 Å². The van der Waals surface area contributed by atoms with Crippen LogP contribution in [0.5, 0.6) is 0 Å². The van der Waals surface area contributed by atoms with Crippen LogP contribution < -0.4 is 10.6 Å².